The van der Waals surface area contributed by atoms with Crippen molar-refractivity contribution in [3.05, 3.63) is 48.3 Å². The minimum Gasteiger partial charge on any atom is -0.479 e. The molecule has 1 fully saturated rings. The second kappa shape index (κ2) is 7.06. The summed E-state index contributed by atoms with van der Waals surface area (Å²) in [6, 6.07) is 10.9. The summed E-state index contributed by atoms with van der Waals surface area (Å²) in [6.07, 6.45) is -0.624. The number of piperazine rings is 1. The molecule has 1 N–H and O–H groups in total. The van der Waals surface area contributed by atoms with Crippen LogP contribution in [-0.4, -0.2) is 50.9 Å². The molecule has 2 aromatic carbocycles. The van der Waals surface area contributed by atoms with Gasteiger partial charge in [-0.25, -0.2) is 12.8 Å². The van der Waals surface area contributed by atoms with E-state index in [4.69, 9.17) is 4.74 Å². The van der Waals surface area contributed by atoms with Gasteiger partial charge in [-0.1, -0.05) is 12.1 Å². The molecule has 28 heavy (non-hydrogen) atoms. The Morgan fingerprint density at radius 2 is 1.82 bits per heavy atom. The number of nitrogens with zero attached hydrogens (tertiary/aromatic N) is 2. The molecule has 1 atom stereocenters. The molecule has 2 aliphatic heterocycles. The van der Waals surface area contributed by atoms with Crippen molar-refractivity contribution in [2.24, 2.45) is 0 Å². The third kappa shape index (κ3) is 3.31. The van der Waals surface area contributed by atoms with Gasteiger partial charge in [0.2, 0.25) is 10.0 Å². The van der Waals surface area contributed by atoms with Crippen molar-refractivity contribution in [1.29, 1.82) is 0 Å². The van der Waals surface area contributed by atoms with Crippen LogP contribution in [0.3, 0.4) is 0 Å². The largest absolute Gasteiger partial charge is 0.479 e. The number of sulfonamides is 1. The van der Waals surface area contributed by atoms with Crippen LogP contribution in [0.1, 0.15) is 6.92 Å². The summed E-state index contributed by atoms with van der Waals surface area (Å²) in [4.78, 5) is 13.7. The van der Waals surface area contributed by atoms with Crippen LogP contribution in [-0.2, 0) is 14.8 Å². The monoisotopic (exact) mass is 405 g/mol. The molecule has 0 aromatic heterocycles. The second-order valence-electron chi connectivity index (χ2n) is 6.75. The highest BCUT2D eigenvalue weighted by Crippen LogP contribution is 2.33. The predicted octanol–water partition coefficient (Wildman–Crippen LogP) is 2.06. The number of benzene rings is 2. The van der Waals surface area contributed by atoms with E-state index in [1.807, 2.05) is 4.90 Å². The fraction of sp³-hybridized carbons (Fsp3) is 0.316. The highest BCUT2D eigenvalue weighted by Gasteiger charge is 2.31. The number of halogens is 1. The van der Waals surface area contributed by atoms with Crippen LogP contribution in [0.2, 0.25) is 0 Å². The van der Waals surface area contributed by atoms with Crippen LogP contribution in [0.5, 0.6) is 5.75 Å². The third-order valence-corrected chi connectivity index (χ3v) is 6.85. The number of para-hydroxylation sites is 1. The highest BCUT2D eigenvalue weighted by molar-refractivity contribution is 7.89. The van der Waals surface area contributed by atoms with Crippen molar-refractivity contribution in [1.82, 2.24) is 4.31 Å². The first-order valence-corrected chi connectivity index (χ1v) is 10.4. The molecule has 148 valence electrons. The fourth-order valence-electron chi connectivity index (χ4n) is 3.37. The van der Waals surface area contributed by atoms with E-state index in [1.165, 1.54) is 22.5 Å². The maximum atomic E-state index is 14.0. The Bertz CT molecular complexity index is 1020. The average molecular weight is 405 g/mol. The van der Waals surface area contributed by atoms with Crippen molar-refractivity contribution in [2.75, 3.05) is 36.4 Å². The molecule has 1 amide bonds. The number of rotatable bonds is 3. The second-order valence-corrected chi connectivity index (χ2v) is 8.69. The number of amides is 1. The van der Waals surface area contributed by atoms with E-state index in [0.29, 0.717) is 30.2 Å². The van der Waals surface area contributed by atoms with Gasteiger partial charge in [0.1, 0.15) is 11.6 Å². The van der Waals surface area contributed by atoms with Gasteiger partial charge in [-0.15, -0.1) is 0 Å². The highest BCUT2D eigenvalue weighted by atomic mass is 32.2. The van der Waals surface area contributed by atoms with Gasteiger partial charge in [-0.2, -0.15) is 4.31 Å². The lowest BCUT2D eigenvalue weighted by molar-refractivity contribution is -0.122. The summed E-state index contributed by atoms with van der Waals surface area (Å²) in [6.45, 7) is 2.89. The Morgan fingerprint density at radius 1 is 1.11 bits per heavy atom. The molecule has 0 aliphatic carbocycles. The number of hydrogen-bond donors (Lipinski definition) is 1. The number of fused-ring (bicyclic) bond motifs is 1. The Labute approximate surface area is 162 Å². The smallest absolute Gasteiger partial charge is 0.265 e. The molecular formula is C19H20FN3O4S. The maximum Gasteiger partial charge on any atom is 0.265 e. The lowest BCUT2D eigenvalue weighted by Crippen LogP contribution is -2.48. The van der Waals surface area contributed by atoms with Gasteiger partial charge in [0.25, 0.3) is 5.91 Å². The molecule has 2 aromatic rings. The molecule has 9 heteroatoms. The SMILES string of the molecule is C[C@@H]1Oc2ccc(S(=O)(=O)N3CCN(c4ccccc4F)CC3)cc2NC1=O. The molecule has 0 saturated carbocycles. The van der Waals surface area contributed by atoms with Crippen molar-refractivity contribution in [2.45, 2.75) is 17.9 Å². The van der Waals surface area contributed by atoms with Crippen molar-refractivity contribution in [3.8, 4) is 5.75 Å². The molecule has 0 bridgehead atoms. The van der Waals surface area contributed by atoms with E-state index < -0.39 is 16.1 Å². The van der Waals surface area contributed by atoms with Gasteiger partial charge in [0, 0.05) is 26.2 Å². The van der Waals surface area contributed by atoms with Crippen LogP contribution in [0, 0.1) is 5.82 Å². The standard InChI is InChI=1S/C19H20FN3O4S/c1-13-19(24)21-16-12-14(6-7-18(16)27-13)28(25,26)23-10-8-22(9-11-23)17-5-3-2-4-15(17)20/h2-7,12-13H,8-11H2,1H3,(H,21,24)/t13-/m0/s1. The first kappa shape index (κ1) is 18.7. The zero-order valence-electron chi connectivity index (χ0n) is 15.3. The number of ether oxygens (including phenoxy) is 1. The molecule has 2 heterocycles. The van der Waals surface area contributed by atoms with Gasteiger partial charge in [0.15, 0.2) is 6.10 Å². The Hall–Kier alpha value is -2.65. The molecule has 0 radical (unpaired) electrons. The average Bonchev–Trinajstić information content (AvgIpc) is 2.69. The molecule has 0 spiro atoms. The third-order valence-electron chi connectivity index (χ3n) is 4.95. The number of carbonyl (C=O) groups is 1. The summed E-state index contributed by atoms with van der Waals surface area (Å²) < 4.78 is 46.8. The van der Waals surface area contributed by atoms with Crippen LogP contribution in [0.25, 0.3) is 0 Å². The van der Waals surface area contributed by atoms with E-state index in [-0.39, 0.29) is 29.7 Å². The maximum absolute atomic E-state index is 14.0. The van der Waals surface area contributed by atoms with E-state index >= 15 is 0 Å². The lowest BCUT2D eigenvalue weighted by atomic mass is 10.2. The number of hydrogen-bond acceptors (Lipinski definition) is 5. The van der Waals surface area contributed by atoms with E-state index in [9.17, 15) is 17.6 Å². The Kier molecular flexibility index (Phi) is 4.72. The zero-order chi connectivity index (χ0) is 19.9. The number of anilines is 2. The molecule has 4 rings (SSSR count). The first-order valence-electron chi connectivity index (χ1n) is 8.97. The van der Waals surface area contributed by atoms with Crippen LogP contribution in [0.4, 0.5) is 15.8 Å². The fourth-order valence-corrected chi connectivity index (χ4v) is 4.82. The first-order chi connectivity index (χ1) is 13.4. The van der Waals surface area contributed by atoms with Gasteiger partial charge >= 0.3 is 0 Å². The van der Waals surface area contributed by atoms with Crippen molar-refractivity contribution >= 4 is 27.3 Å². The minimum absolute atomic E-state index is 0.0871. The predicted molar refractivity (Wildman–Crippen MR) is 103 cm³/mol. The summed E-state index contributed by atoms with van der Waals surface area (Å²) in [5.41, 5.74) is 0.816. The zero-order valence-corrected chi connectivity index (χ0v) is 16.1. The van der Waals surface area contributed by atoms with Crippen molar-refractivity contribution < 1.29 is 22.3 Å². The topological polar surface area (TPSA) is 79.0 Å². The van der Waals surface area contributed by atoms with Gasteiger partial charge in [-0.05, 0) is 37.3 Å². The number of nitrogens with one attached hydrogen (secondary N) is 1. The van der Waals surface area contributed by atoms with Gasteiger partial charge in [0.05, 0.1) is 16.3 Å². The van der Waals surface area contributed by atoms with Crippen LogP contribution >= 0.6 is 0 Å². The molecule has 2 aliphatic rings. The summed E-state index contributed by atoms with van der Waals surface area (Å²) in [7, 11) is -3.74. The van der Waals surface area contributed by atoms with Crippen LogP contribution in [0.15, 0.2) is 47.4 Å². The quantitative estimate of drug-likeness (QED) is 0.846. The molecular weight excluding hydrogens is 385 g/mol. The summed E-state index contributed by atoms with van der Waals surface area (Å²) in [5, 5.41) is 2.66. The van der Waals surface area contributed by atoms with Gasteiger partial charge in [-0.3, -0.25) is 4.79 Å². The number of carbonyl (C=O) groups excluding carboxylic acids is 1. The minimum atomic E-state index is -3.74. The normalized spacial score (nSPS) is 20.3. The Morgan fingerprint density at radius 3 is 2.54 bits per heavy atom. The molecule has 7 nitrogen and oxygen atoms in total. The molecule has 0 unspecified atom stereocenters. The van der Waals surface area contributed by atoms with Gasteiger partial charge < -0.3 is 15.0 Å². The van der Waals surface area contributed by atoms with E-state index in [0.717, 1.165) is 0 Å². The van der Waals surface area contributed by atoms with E-state index in [2.05, 4.69) is 5.32 Å². The lowest BCUT2D eigenvalue weighted by Gasteiger charge is -2.35. The van der Waals surface area contributed by atoms with Crippen molar-refractivity contribution in [3.63, 3.8) is 0 Å². The van der Waals surface area contributed by atoms with E-state index in [1.54, 1.807) is 31.2 Å². The van der Waals surface area contributed by atoms with Crippen LogP contribution < -0.4 is 15.0 Å². The summed E-state index contributed by atoms with van der Waals surface area (Å²) in [5.74, 6) is -0.200. The Balaban J connectivity index is 1.52. The summed E-state index contributed by atoms with van der Waals surface area (Å²) >= 11 is 0. The molecule has 1 saturated heterocycles.